The summed E-state index contributed by atoms with van der Waals surface area (Å²) in [6.45, 7) is 1.17. The molecule has 5 rings (SSSR count). The summed E-state index contributed by atoms with van der Waals surface area (Å²) in [5.41, 5.74) is 0.171. The van der Waals surface area contributed by atoms with Gasteiger partial charge in [-0.15, -0.1) is 0 Å². The average molecular weight is 444 g/mol. The molecule has 6 nitrogen and oxygen atoms in total. The molecular formula is C22H20F4N6. The molecule has 0 unspecified atom stereocenters. The van der Waals surface area contributed by atoms with Crippen LogP contribution in [-0.2, 0) is 6.18 Å². The Morgan fingerprint density at radius 2 is 2.00 bits per heavy atom. The molecule has 0 bridgehead atoms. The predicted octanol–water partition coefficient (Wildman–Crippen LogP) is 4.70. The number of piperidine rings is 1. The van der Waals surface area contributed by atoms with Crippen molar-refractivity contribution >= 4 is 27.8 Å². The zero-order valence-electron chi connectivity index (χ0n) is 16.9. The summed E-state index contributed by atoms with van der Waals surface area (Å²) >= 11 is 0. The molecule has 10 heteroatoms. The van der Waals surface area contributed by atoms with E-state index in [0.29, 0.717) is 39.4 Å². The highest BCUT2D eigenvalue weighted by Gasteiger charge is 2.32. The molecule has 1 fully saturated rings. The lowest BCUT2D eigenvalue weighted by atomic mass is 9.96. The smallest absolute Gasteiger partial charge is 0.361 e. The predicted molar refractivity (Wildman–Crippen MR) is 114 cm³/mol. The summed E-state index contributed by atoms with van der Waals surface area (Å²) in [7, 11) is 0. The number of nitrogens with zero attached hydrogens (tertiary/aromatic N) is 3. The van der Waals surface area contributed by atoms with E-state index in [0.717, 1.165) is 25.1 Å². The molecule has 0 aliphatic carbocycles. The Balaban J connectivity index is 1.51. The van der Waals surface area contributed by atoms with E-state index in [9.17, 15) is 17.6 Å². The summed E-state index contributed by atoms with van der Waals surface area (Å²) in [5.74, 6) is 0.284. The first-order chi connectivity index (χ1) is 15.3. The molecule has 0 radical (unpaired) electrons. The van der Waals surface area contributed by atoms with Crippen LogP contribution in [0.3, 0.4) is 0 Å². The molecule has 1 atom stereocenters. The Morgan fingerprint density at radius 3 is 2.78 bits per heavy atom. The summed E-state index contributed by atoms with van der Waals surface area (Å²) in [4.78, 5) is 16.0. The number of nitrogens with one attached hydrogen (secondary N) is 3. The highest BCUT2D eigenvalue weighted by molar-refractivity contribution is 6.03. The van der Waals surface area contributed by atoms with Gasteiger partial charge in [-0.1, -0.05) is 6.07 Å². The van der Waals surface area contributed by atoms with Gasteiger partial charge in [-0.25, -0.2) is 14.4 Å². The van der Waals surface area contributed by atoms with Crippen molar-refractivity contribution in [1.29, 1.82) is 0 Å². The Bertz CT molecular complexity index is 1280. The quantitative estimate of drug-likeness (QED) is 0.398. The number of pyridine rings is 1. The van der Waals surface area contributed by atoms with Crippen LogP contribution in [0.4, 0.5) is 23.5 Å². The van der Waals surface area contributed by atoms with Crippen LogP contribution in [0.2, 0.25) is 0 Å². The summed E-state index contributed by atoms with van der Waals surface area (Å²) in [6, 6.07) is 3.57. The van der Waals surface area contributed by atoms with Gasteiger partial charge in [0.05, 0.1) is 17.6 Å². The highest BCUT2D eigenvalue weighted by atomic mass is 19.4. The number of hydrogen-bond acceptors (Lipinski definition) is 5. The van der Waals surface area contributed by atoms with Gasteiger partial charge < -0.3 is 15.6 Å². The van der Waals surface area contributed by atoms with Gasteiger partial charge in [-0.05, 0) is 31.5 Å². The largest absolute Gasteiger partial charge is 0.416 e. The van der Waals surface area contributed by atoms with Crippen LogP contribution in [0.1, 0.15) is 18.4 Å². The Hall–Kier alpha value is -3.27. The third kappa shape index (κ3) is 3.86. The van der Waals surface area contributed by atoms with Crippen LogP contribution < -0.4 is 10.6 Å². The number of fused-ring (bicyclic) bond motifs is 2. The number of halogens is 4. The Kier molecular flexibility index (Phi) is 4.96. The van der Waals surface area contributed by atoms with Gasteiger partial charge in [0.15, 0.2) is 0 Å². The molecule has 1 saturated heterocycles. The maximum Gasteiger partial charge on any atom is 0.416 e. The molecule has 3 N–H and O–H groups in total. The second-order valence-electron chi connectivity index (χ2n) is 8.06. The van der Waals surface area contributed by atoms with Crippen LogP contribution in [-0.4, -0.2) is 45.2 Å². The van der Waals surface area contributed by atoms with Crippen molar-refractivity contribution in [3.05, 3.63) is 48.5 Å². The van der Waals surface area contributed by atoms with Crippen LogP contribution in [0.25, 0.3) is 32.9 Å². The summed E-state index contributed by atoms with van der Waals surface area (Å²) in [5, 5.41) is 7.34. The first kappa shape index (κ1) is 20.6. The second kappa shape index (κ2) is 7.70. The van der Waals surface area contributed by atoms with E-state index in [1.165, 1.54) is 6.07 Å². The number of benzene rings is 1. The van der Waals surface area contributed by atoms with Gasteiger partial charge in [0.2, 0.25) is 5.95 Å². The van der Waals surface area contributed by atoms with Crippen molar-refractivity contribution in [2.24, 2.45) is 0 Å². The van der Waals surface area contributed by atoms with Gasteiger partial charge in [-0.3, -0.25) is 4.98 Å². The van der Waals surface area contributed by atoms with Crippen molar-refractivity contribution in [1.82, 2.24) is 25.3 Å². The number of anilines is 1. The molecule has 0 saturated carbocycles. The zero-order valence-corrected chi connectivity index (χ0v) is 16.9. The molecule has 1 aliphatic heterocycles. The number of alkyl halides is 4. The average Bonchev–Trinajstić information content (AvgIpc) is 3.20. The fourth-order valence-corrected chi connectivity index (χ4v) is 4.08. The number of aromatic nitrogens is 4. The maximum absolute atomic E-state index is 14.9. The number of rotatable bonds is 4. The topological polar surface area (TPSA) is 78.5 Å². The molecule has 166 valence electrons. The van der Waals surface area contributed by atoms with Gasteiger partial charge in [0.1, 0.15) is 5.67 Å². The standard InChI is InChI=1S/C22H20F4N6/c23-21(4-1-5-27-11-21)12-31-20-30-8-13-7-28-9-17(19(13)32-20)16-10-29-18-6-14(22(24,25)26)2-3-15(16)18/h2-3,6-10,27,29H,1,4-5,11-12H2,(H,30,31,32)/t21-/m0/s1. The molecule has 32 heavy (non-hydrogen) atoms. The van der Waals surface area contributed by atoms with Crippen molar-refractivity contribution < 1.29 is 17.6 Å². The van der Waals surface area contributed by atoms with Crippen LogP contribution in [0, 0.1) is 0 Å². The lowest BCUT2D eigenvalue weighted by molar-refractivity contribution is -0.137. The van der Waals surface area contributed by atoms with E-state index in [1.54, 1.807) is 24.8 Å². The normalized spacial score (nSPS) is 19.5. The molecule has 3 aromatic heterocycles. The van der Waals surface area contributed by atoms with Crippen molar-refractivity contribution in [3.8, 4) is 11.1 Å². The van der Waals surface area contributed by atoms with Crippen LogP contribution in [0.5, 0.6) is 0 Å². The van der Waals surface area contributed by atoms with Crippen molar-refractivity contribution in [2.75, 3.05) is 25.0 Å². The van der Waals surface area contributed by atoms with E-state index in [4.69, 9.17) is 0 Å². The van der Waals surface area contributed by atoms with Crippen LogP contribution >= 0.6 is 0 Å². The summed E-state index contributed by atoms with van der Waals surface area (Å²) in [6.07, 6.45) is 3.27. The van der Waals surface area contributed by atoms with E-state index in [2.05, 4.69) is 30.6 Å². The second-order valence-corrected chi connectivity index (χ2v) is 8.06. The minimum Gasteiger partial charge on any atom is -0.361 e. The molecule has 4 heterocycles. The lowest BCUT2D eigenvalue weighted by Gasteiger charge is -2.30. The van der Waals surface area contributed by atoms with Gasteiger partial charge in [0, 0.05) is 58.7 Å². The lowest BCUT2D eigenvalue weighted by Crippen LogP contribution is -2.46. The Morgan fingerprint density at radius 1 is 1.12 bits per heavy atom. The van der Waals surface area contributed by atoms with E-state index >= 15 is 0 Å². The molecule has 1 aromatic carbocycles. The molecule has 0 amide bonds. The van der Waals surface area contributed by atoms with Crippen molar-refractivity contribution in [2.45, 2.75) is 24.7 Å². The van der Waals surface area contributed by atoms with Gasteiger partial charge in [-0.2, -0.15) is 13.2 Å². The van der Waals surface area contributed by atoms with E-state index in [1.807, 2.05) is 0 Å². The molecule has 4 aromatic rings. The molecular weight excluding hydrogens is 424 g/mol. The Labute approximate surface area is 180 Å². The summed E-state index contributed by atoms with van der Waals surface area (Å²) < 4.78 is 54.1. The number of hydrogen-bond donors (Lipinski definition) is 3. The maximum atomic E-state index is 14.9. The van der Waals surface area contributed by atoms with E-state index in [-0.39, 0.29) is 19.0 Å². The molecule has 1 aliphatic rings. The first-order valence-corrected chi connectivity index (χ1v) is 10.3. The zero-order chi connectivity index (χ0) is 22.3. The van der Waals surface area contributed by atoms with Gasteiger partial charge >= 0.3 is 6.18 Å². The number of H-pyrrole nitrogens is 1. The highest BCUT2D eigenvalue weighted by Crippen LogP contribution is 2.36. The van der Waals surface area contributed by atoms with E-state index < -0.39 is 17.4 Å². The fourth-order valence-electron chi connectivity index (χ4n) is 4.08. The van der Waals surface area contributed by atoms with Gasteiger partial charge in [0.25, 0.3) is 0 Å². The van der Waals surface area contributed by atoms with Crippen LogP contribution in [0.15, 0.2) is 43.0 Å². The SMILES string of the molecule is FC(F)(F)c1ccc2c(-c3cncc4cnc(NC[C@]5(F)CCCNC5)nc34)c[nH]c2c1. The minimum absolute atomic E-state index is 0.0826. The first-order valence-electron chi connectivity index (χ1n) is 10.3. The third-order valence-electron chi connectivity index (χ3n) is 5.77. The monoisotopic (exact) mass is 444 g/mol. The third-order valence-corrected chi connectivity index (χ3v) is 5.77. The molecule has 0 spiro atoms. The number of aromatic amines is 1. The minimum atomic E-state index is -4.42. The fraction of sp³-hybridized carbons (Fsp3) is 0.318. The van der Waals surface area contributed by atoms with Crippen molar-refractivity contribution in [3.63, 3.8) is 0 Å².